The Kier molecular flexibility index (Phi) is 4.37. The van der Waals surface area contributed by atoms with Gasteiger partial charge in [-0.3, -0.25) is 4.18 Å². The molecule has 0 spiro atoms. The summed E-state index contributed by atoms with van der Waals surface area (Å²) < 4.78 is 34.2. The van der Waals surface area contributed by atoms with Crippen LogP contribution in [-0.2, 0) is 19.0 Å². The Labute approximate surface area is 108 Å². The molecular formula is C13H18O4S. The second kappa shape index (κ2) is 5.82. The highest BCUT2D eigenvalue weighted by Crippen LogP contribution is 2.18. The van der Waals surface area contributed by atoms with Gasteiger partial charge in [-0.15, -0.1) is 0 Å². The van der Waals surface area contributed by atoms with Gasteiger partial charge in [0.25, 0.3) is 10.1 Å². The third kappa shape index (κ3) is 3.54. The fraction of sp³-hybridized carbons (Fsp3) is 0.538. The van der Waals surface area contributed by atoms with E-state index >= 15 is 0 Å². The largest absolute Gasteiger partial charge is 0.381 e. The summed E-state index contributed by atoms with van der Waals surface area (Å²) in [5, 5.41) is 0. The summed E-state index contributed by atoms with van der Waals surface area (Å²) in [6, 6.07) is 6.67. The first-order valence-electron chi connectivity index (χ1n) is 6.12. The molecule has 0 unspecified atom stereocenters. The van der Waals surface area contributed by atoms with E-state index in [0.29, 0.717) is 6.61 Å². The first-order valence-corrected chi connectivity index (χ1v) is 7.52. The van der Waals surface area contributed by atoms with Crippen molar-refractivity contribution in [3.63, 3.8) is 0 Å². The van der Waals surface area contributed by atoms with Crippen LogP contribution in [0, 0.1) is 12.8 Å². The highest BCUT2D eigenvalue weighted by atomic mass is 32.2. The van der Waals surface area contributed by atoms with Gasteiger partial charge in [-0.1, -0.05) is 17.7 Å². The number of rotatable bonds is 4. The molecule has 18 heavy (non-hydrogen) atoms. The molecule has 1 saturated heterocycles. The molecule has 1 aliphatic heterocycles. The number of benzene rings is 1. The molecule has 0 radical (unpaired) electrons. The summed E-state index contributed by atoms with van der Waals surface area (Å²) in [4.78, 5) is 0.213. The summed E-state index contributed by atoms with van der Waals surface area (Å²) in [6.45, 7) is 3.47. The maximum Gasteiger partial charge on any atom is 0.296 e. The van der Waals surface area contributed by atoms with Crippen LogP contribution in [0.1, 0.15) is 18.4 Å². The zero-order valence-corrected chi connectivity index (χ0v) is 11.3. The van der Waals surface area contributed by atoms with Gasteiger partial charge in [-0.25, -0.2) is 0 Å². The van der Waals surface area contributed by atoms with Crippen molar-refractivity contribution >= 4 is 10.1 Å². The van der Waals surface area contributed by atoms with Crippen molar-refractivity contribution in [1.29, 1.82) is 0 Å². The normalized spacial score (nSPS) is 20.8. The third-order valence-electron chi connectivity index (χ3n) is 3.02. The highest BCUT2D eigenvalue weighted by Gasteiger charge is 2.20. The van der Waals surface area contributed by atoms with Crippen molar-refractivity contribution < 1.29 is 17.3 Å². The van der Waals surface area contributed by atoms with Gasteiger partial charge < -0.3 is 4.74 Å². The quantitative estimate of drug-likeness (QED) is 0.786. The molecule has 2 rings (SSSR count). The van der Waals surface area contributed by atoms with Crippen molar-refractivity contribution in [3.8, 4) is 0 Å². The van der Waals surface area contributed by atoms with Crippen molar-refractivity contribution in [2.45, 2.75) is 24.7 Å². The molecule has 1 heterocycles. The van der Waals surface area contributed by atoms with Crippen LogP contribution >= 0.6 is 0 Å². The fourth-order valence-electron chi connectivity index (χ4n) is 1.90. The molecule has 4 nitrogen and oxygen atoms in total. The Morgan fingerprint density at radius 3 is 2.67 bits per heavy atom. The smallest absolute Gasteiger partial charge is 0.296 e. The highest BCUT2D eigenvalue weighted by molar-refractivity contribution is 7.86. The lowest BCUT2D eigenvalue weighted by atomic mass is 10.0. The molecule has 0 N–H and O–H groups in total. The molecule has 1 aliphatic rings. The summed E-state index contributed by atoms with van der Waals surface area (Å²) >= 11 is 0. The van der Waals surface area contributed by atoms with E-state index in [1.165, 1.54) is 0 Å². The number of aryl methyl sites for hydroxylation is 1. The van der Waals surface area contributed by atoms with Crippen molar-refractivity contribution in [2.75, 3.05) is 19.8 Å². The molecule has 1 aromatic carbocycles. The number of hydrogen-bond donors (Lipinski definition) is 0. The number of ether oxygens (including phenoxy) is 1. The van der Waals surface area contributed by atoms with Crippen LogP contribution in [-0.4, -0.2) is 28.2 Å². The van der Waals surface area contributed by atoms with Gasteiger partial charge in [0.15, 0.2) is 0 Å². The van der Waals surface area contributed by atoms with E-state index in [9.17, 15) is 8.42 Å². The second-order valence-corrected chi connectivity index (χ2v) is 6.25. The van der Waals surface area contributed by atoms with E-state index in [0.717, 1.165) is 25.0 Å². The predicted molar refractivity (Wildman–Crippen MR) is 67.9 cm³/mol. The Bertz CT molecular complexity index is 472. The van der Waals surface area contributed by atoms with E-state index in [-0.39, 0.29) is 17.4 Å². The van der Waals surface area contributed by atoms with Crippen LogP contribution in [0.2, 0.25) is 0 Å². The van der Waals surface area contributed by atoms with Crippen LogP contribution in [0.15, 0.2) is 29.2 Å². The van der Waals surface area contributed by atoms with Crippen molar-refractivity contribution in [1.82, 2.24) is 0 Å². The Hall–Kier alpha value is -0.910. The molecule has 0 aliphatic carbocycles. The molecule has 5 heteroatoms. The third-order valence-corrected chi connectivity index (χ3v) is 4.32. The second-order valence-electron chi connectivity index (χ2n) is 4.63. The summed E-state index contributed by atoms with van der Waals surface area (Å²) in [6.07, 6.45) is 1.93. The molecule has 0 amide bonds. The zero-order chi connectivity index (χ0) is 13.0. The summed E-state index contributed by atoms with van der Waals surface area (Å²) in [5.41, 5.74) is 1.02. The topological polar surface area (TPSA) is 52.6 Å². The minimum Gasteiger partial charge on any atom is -0.381 e. The average molecular weight is 270 g/mol. The monoisotopic (exact) mass is 270 g/mol. The van der Waals surface area contributed by atoms with Crippen LogP contribution in [0.4, 0.5) is 0 Å². The first kappa shape index (κ1) is 13.5. The Morgan fingerprint density at radius 1 is 1.33 bits per heavy atom. The Balaban J connectivity index is 1.96. The van der Waals surface area contributed by atoms with E-state index in [2.05, 4.69) is 0 Å². The lowest BCUT2D eigenvalue weighted by Gasteiger charge is -2.21. The van der Waals surface area contributed by atoms with Gasteiger partial charge in [0.05, 0.1) is 18.1 Å². The molecule has 1 aromatic rings. The zero-order valence-electron chi connectivity index (χ0n) is 10.5. The van der Waals surface area contributed by atoms with Crippen LogP contribution in [0.5, 0.6) is 0 Å². The standard InChI is InChI=1S/C13H18O4S/c1-11-4-6-13(7-5-11)18(14,15)17-10-12-3-2-8-16-9-12/h4-7,12H,2-3,8-10H2,1H3/t12-/m1/s1. The van der Waals surface area contributed by atoms with E-state index in [1.807, 2.05) is 6.92 Å². The van der Waals surface area contributed by atoms with Crippen LogP contribution in [0.25, 0.3) is 0 Å². The minimum absolute atomic E-state index is 0.180. The lowest BCUT2D eigenvalue weighted by molar-refractivity contribution is 0.0363. The van der Waals surface area contributed by atoms with E-state index in [1.54, 1.807) is 24.3 Å². The van der Waals surface area contributed by atoms with Crippen LogP contribution < -0.4 is 0 Å². The van der Waals surface area contributed by atoms with Gasteiger partial charge in [0.1, 0.15) is 0 Å². The van der Waals surface area contributed by atoms with Crippen molar-refractivity contribution in [2.24, 2.45) is 5.92 Å². The summed E-state index contributed by atoms with van der Waals surface area (Å²) in [7, 11) is -3.63. The minimum atomic E-state index is -3.63. The molecule has 0 bridgehead atoms. The summed E-state index contributed by atoms with van der Waals surface area (Å²) in [5.74, 6) is 0.180. The van der Waals surface area contributed by atoms with Gasteiger partial charge >= 0.3 is 0 Å². The molecule has 0 aromatic heterocycles. The average Bonchev–Trinajstić information content (AvgIpc) is 2.38. The number of hydrogen-bond acceptors (Lipinski definition) is 4. The first-order chi connectivity index (χ1) is 8.58. The lowest BCUT2D eigenvalue weighted by Crippen LogP contribution is -2.23. The predicted octanol–water partition coefficient (Wildman–Crippen LogP) is 2.13. The van der Waals surface area contributed by atoms with Gasteiger partial charge in [-0.05, 0) is 31.9 Å². The van der Waals surface area contributed by atoms with Crippen molar-refractivity contribution in [3.05, 3.63) is 29.8 Å². The molecule has 1 atom stereocenters. The molecule has 0 saturated carbocycles. The molecule has 100 valence electrons. The van der Waals surface area contributed by atoms with Crippen LogP contribution in [0.3, 0.4) is 0 Å². The van der Waals surface area contributed by atoms with Gasteiger partial charge in [0, 0.05) is 12.5 Å². The van der Waals surface area contributed by atoms with Gasteiger partial charge in [-0.2, -0.15) is 8.42 Å². The Morgan fingerprint density at radius 2 is 2.06 bits per heavy atom. The fourth-order valence-corrected chi connectivity index (χ4v) is 2.87. The SMILES string of the molecule is Cc1ccc(S(=O)(=O)OC[C@@H]2CCCOC2)cc1. The van der Waals surface area contributed by atoms with E-state index < -0.39 is 10.1 Å². The molecular weight excluding hydrogens is 252 g/mol. The van der Waals surface area contributed by atoms with E-state index in [4.69, 9.17) is 8.92 Å². The maximum atomic E-state index is 11.9. The molecule has 1 fully saturated rings. The maximum absolute atomic E-state index is 11.9. The van der Waals surface area contributed by atoms with Gasteiger partial charge in [0.2, 0.25) is 0 Å².